The molecule has 1 aromatic heterocycles. The molecule has 122 valence electrons. The van der Waals surface area contributed by atoms with Crippen molar-refractivity contribution >= 4 is 38.8 Å². The van der Waals surface area contributed by atoms with E-state index in [4.69, 9.17) is 4.42 Å². The van der Waals surface area contributed by atoms with Crippen LogP contribution in [0.25, 0.3) is 11.0 Å². The van der Waals surface area contributed by atoms with Gasteiger partial charge in [0, 0.05) is 22.9 Å². The quantitative estimate of drug-likeness (QED) is 0.863. The Balaban J connectivity index is 1.84. The van der Waals surface area contributed by atoms with Crippen LogP contribution in [0.1, 0.15) is 29.5 Å². The largest absolute Gasteiger partial charge is 0.481 e. The van der Waals surface area contributed by atoms with E-state index in [1.54, 1.807) is 11.0 Å². The van der Waals surface area contributed by atoms with Gasteiger partial charge < -0.3 is 14.4 Å². The maximum Gasteiger partial charge on any atom is 0.306 e. The molecule has 0 radical (unpaired) electrons. The number of carbonyl (C=O) groups is 2. The number of piperidine rings is 1. The van der Waals surface area contributed by atoms with Crippen molar-refractivity contribution in [3.63, 3.8) is 0 Å². The Kier molecular flexibility index (Phi) is 4.19. The van der Waals surface area contributed by atoms with Gasteiger partial charge in [-0.3, -0.25) is 9.59 Å². The number of amides is 1. The summed E-state index contributed by atoms with van der Waals surface area (Å²) < 4.78 is 6.69. The zero-order chi connectivity index (χ0) is 16.7. The van der Waals surface area contributed by atoms with Crippen LogP contribution in [0.2, 0.25) is 0 Å². The molecule has 1 fully saturated rings. The molecule has 23 heavy (non-hydrogen) atoms. The first-order valence-electron chi connectivity index (χ1n) is 7.58. The second kappa shape index (κ2) is 6.00. The standard InChI is InChI=1S/C17H18BrNO4/c1-9-5-12(18)6-11-7-14(23-15(9)11)16(20)19-4-3-13(17(21)22)10(2)8-19/h5-7,10,13H,3-4,8H2,1-2H3,(H,21,22). The first-order chi connectivity index (χ1) is 10.9. The van der Waals surface area contributed by atoms with Gasteiger partial charge in [0.2, 0.25) is 0 Å². The molecule has 0 spiro atoms. The number of rotatable bonds is 2. The van der Waals surface area contributed by atoms with Crippen molar-refractivity contribution < 1.29 is 19.1 Å². The van der Waals surface area contributed by atoms with Gasteiger partial charge in [0.15, 0.2) is 5.76 Å². The van der Waals surface area contributed by atoms with Crippen molar-refractivity contribution in [2.45, 2.75) is 20.3 Å². The van der Waals surface area contributed by atoms with Crippen LogP contribution >= 0.6 is 15.9 Å². The number of furan rings is 1. The highest BCUT2D eigenvalue weighted by Gasteiger charge is 2.34. The Bertz CT molecular complexity index is 782. The maximum absolute atomic E-state index is 12.7. The predicted molar refractivity (Wildman–Crippen MR) is 89.5 cm³/mol. The van der Waals surface area contributed by atoms with Gasteiger partial charge in [-0.25, -0.2) is 0 Å². The van der Waals surface area contributed by atoms with Crippen LogP contribution in [-0.2, 0) is 4.79 Å². The lowest BCUT2D eigenvalue weighted by Gasteiger charge is -2.34. The lowest BCUT2D eigenvalue weighted by molar-refractivity contribution is -0.145. The minimum atomic E-state index is -0.784. The van der Waals surface area contributed by atoms with E-state index < -0.39 is 5.97 Å². The SMILES string of the molecule is Cc1cc(Br)cc2cc(C(=O)N3CCC(C(=O)O)C(C)C3)oc12. The van der Waals surface area contributed by atoms with E-state index >= 15 is 0 Å². The minimum Gasteiger partial charge on any atom is -0.481 e. The number of halogens is 1. The van der Waals surface area contributed by atoms with E-state index in [2.05, 4.69) is 15.9 Å². The fourth-order valence-corrected chi connectivity index (χ4v) is 3.83. The first kappa shape index (κ1) is 16.1. The van der Waals surface area contributed by atoms with Crippen molar-refractivity contribution in [2.75, 3.05) is 13.1 Å². The molecule has 1 aliphatic rings. The van der Waals surface area contributed by atoms with Crippen LogP contribution in [0.4, 0.5) is 0 Å². The van der Waals surface area contributed by atoms with E-state index in [1.807, 2.05) is 26.0 Å². The third-order valence-corrected chi connectivity index (χ3v) is 4.95. The third kappa shape index (κ3) is 3.00. The summed E-state index contributed by atoms with van der Waals surface area (Å²) in [5.41, 5.74) is 1.68. The highest BCUT2D eigenvalue weighted by Crippen LogP contribution is 2.29. The van der Waals surface area contributed by atoms with Crippen molar-refractivity contribution in [1.82, 2.24) is 4.90 Å². The van der Waals surface area contributed by atoms with E-state index in [9.17, 15) is 14.7 Å². The summed E-state index contributed by atoms with van der Waals surface area (Å²) in [4.78, 5) is 25.5. The lowest BCUT2D eigenvalue weighted by Crippen LogP contribution is -2.44. The zero-order valence-corrected chi connectivity index (χ0v) is 14.6. The van der Waals surface area contributed by atoms with Gasteiger partial charge in [-0.15, -0.1) is 0 Å². The summed E-state index contributed by atoms with van der Waals surface area (Å²) in [5.74, 6) is -1.10. The predicted octanol–water partition coefficient (Wildman–Crippen LogP) is 3.69. The number of aryl methyl sites for hydroxylation is 1. The number of nitrogens with zero attached hydrogens (tertiary/aromatic N) is 1. The molecule has 0 aliphatic carbocycles. The van der Waals surface area contributed by atoms with Gasteiger partial charge in [0.25, 0.3) is 5.91 Å². The van der Waals surface area contributed by atoms with E-state index in [0.29, 0.717) is 30.9 Å². The molecule has 1 aliphatic heterocycles. The van der Waals surface area contributed by atoms with Crippen molar-refractivity contribution in [3.05, 3.63) is 34.0 Å². The number of hydrogen-bond donors (Lipinski definition) is 1. The number of hydrogen-bond acceptors (Lipinski definition) is 3. The number of fused-ring (bicyclic) bond motifs is 1. The number of benzene rings is 1. The molecular formula is C17H18BrNO4. The van der Waals surface area contributed by atoms with E-state index in [1.165, 1.54) is 0 Å². The normalized spacial score (nSPS) is 21.6. The van der Waals surface area contributed by atoms with Crippen LogP contribution < -0.4 is 0 Å². The summed E-state index contributed by atoms with van der Waals surface area (Å²) >= 11 is 3.44. The topological polar surface area (TPSA) is 70.8 Å². The molecule has 2 aromatic rings. The molecule has 1 saturated heterocycles. The van der Waals surface area contributed by atoms with Crippen LogP contribution in [0.15, 0.2) is 27.1 Å². The van der Waals surface area contributed by atoms with Crippen LogP contribution in [0.5, 0.6) is 0 Å². The molecule has 2 heterocycles. The van der Waals surface area contributed by atoms with Crippen molar-refractivity contribution in [1.29, 1.82) is 0 Å². The highest BCUT2D eigenvalue weighted by molar-refractivity contribution is 9.10. The minimum absolute atomic E-state index is 0.0644. The molecular weight excluding hydrogens is 362 g/mol. The summed E-state index contributed by atoms with van der Waals surface area (Å²) in [7, 11) is 0. The van der Waals surface area contributed by atoms with E-state index in [0.717, 1.165) is 15.4 Å². The molecule has 2 atom stereocenters. The van der Waals surface area contributed by atoms with Crippen LogP contribution in [-0.4, -0.2) is 35.0 Å². The maximum atomic E-state index is 12.7. The molecule has 1 amide bonds. The Morgan fingerprint density at radius 2 is 2.09 bits per heavy atom. The average molecular weight is 380 g/mol. The van der Waals surface area contributed by atoms with Gasteiger partial charge in [-0.1, -0.05) is 22.9 Å². The smallest absolute Gasteiger partial charge is 0.306 e. The summed E-state index contributed by atoms with van der Waals surface area (Å²) in [5, 5.41) is 10.1. The molecule has 2 unspecified atom stereocenters. The summed E-state index contributed by atoms with van der Waals surface area (Å²) in [6, 6.07) is 5.62. The fraction of sp³-hybridized carbons (Fsp3) is 0.412. The number of carboxylic acids is 1. The van der Waals surface area contributed by atoms with Crippen LogP contribution in [0, 0.1) is 18.8 Å². The van der Waals surface area contributed by atoms with Gasteiger partial charge >= 0.3 is 5.97 Å². The van der Waals surface area contributed by atoms with Crippen molar-refractivity contribution in [3.8, 4) is 0 Å². The second-order valence-corrected chi connectivity index (χ2v) is 7.13. The zero-order valence-electron chi connectivity index (χ0n) is 13.0. The Morgan fingerprint density at radius 1 is 1.35 bits per heavy atom. The van der Waals surface area contributed by atoms with Gasteiger partial charge in [0.05, 0.1) is 5.92 Å². The number of aliphatic carboxylic acids is 1. The second-order valence-electron chi connectivity index (χ2n) is 6.21. The molecule has 0 bridgehead atoms. The Labute approximate surface area is 142 Å². The molecule has 0 saturated carbocycles. The van der Waals surface area contributed by atoms with E-state index in [-0.39, 0.29) is 17.7 Å². The molecule has 3 rings (SSSR count). The average Bonchev–Trinajstić information content (AvgIpc) is 2.90. The number of carboxylic acid groups (broad SMARTS) is 1. The van der Waals surface area contributed by atoms with Gasteiger partial charge in [0.1, 0.15) is 5.58 Å². The summed E-state index contributed by atoms with van der Waals surface area (Å²) in [6.07, 6.45) is 0.479. The molecule has 6 heteroatoms. The fourth-order valence-electron chi connectivity index (χ4n) is 3.24. The Hall–Kier alpha value is -1.82. The molecule has 1 aromatic carbocycles. The summed E-state index contributed by atoms with van der Waals surface area (Å²) in [6.45, 7) is 4.69. The highest BCUT2D eigenvalue weighted by atomic mass is 79.9. The monoisotopic (exact) mass is 379 g/mol. The number of likely N-dealkylation sites (tertiary alicyclic amines) is 1. The third-order valence-electron chi connectivity index (χ3n) is 4.49. The van der Waals surface area contributed by atoms with Crippen molar-refractivity contribution in [2.24, 2.45) is 11.8 Å². The van der Waals surface area contributed by atoms with Gasteiger partial charge in [-0.2, -0.15) is 0 Å². The van der Waals surface area contributed by atoms with Crippen LogP contribution in [0.3, 0.4) is 0 Å². The number of carbonyl (C=O) groups excluding carboxylic acids is 1. The molecule has 1 N–H and O–H groups in total. The lowest BCUT2D eigenvalue weighted by atomic mass is 9.87. The Morgan fingerprint density at radius 3 is 2.74 bits per heavy atom. The van der Waals surface area contributed by atoms with Gasteiger partial charge in [-0.05, 0) is 43.0 Å². The molecule has 5 nitrogen and oxygen atoms in total. The first-order valence-corrected chi connectivity index (χ1v) is 8.38.